The van der Waals surface area contributed by atoms with Gasteiger partial charge >= 0.3 is 0 Å². The quantitative estimate of drug-likeness (QED) is 0.909. The molecule has 1 N–H and O–H groups in total. The van der Waals surface area contributed by atoms with Crippen LogP contribution < -0.4 is 10.2 Å². The van der Waals surface area contributed by atoms with Gasteiger partial charge in [-0.1, -0.05) is 26.2 Å². The fourth-order valence-corrected chi connectivity index (χ4v) is 3.77. The van der Waals surface area contributed by atoms with Crippen molar-refractivity contribution < 1.29 is 0 Å². The van der Waals surface area contributed by atoms with Gasteiger partial charge in [0.2, 0.25) is 0 Å². The predicted molar refractivity (Wildman–Crippen MR) is 87.8 cm³/mol. The monoisotopic (exact) mass is 288 g/mol. The predicted octanol–water partition coefficient (Wildman–Crippen LogP) is 3.99. The molecule has 2 heterocycles. The zero-order valence-corrected chi connectivity index (χ0v) is 13.2. The van der Waals surface area contributed by atoms with Crippen molar-refractivity contribution in [3.8, 4) is 0 Å². The number of nitrogens with zero attached hydrogens (tertiary/aromatic N) is 3. The van der Waals surface area contributed by atoms with Gasteiger partial charge < -0.3 is 10.2 Å². The van der Waals surface area contributed by atoms with E-state index in [1.165, 1.54) is 57.8 Å². The van der Waals surface area contributed by atoms with Crippen molar-refractivity contribution in [2.75, 3.05) is 16.8 Å². The minimum Gasteiger partial charge on any atom is -0.367 e. The fourth-order valence-electron chi connectivity index (χ4n) is 3.77. The van der Waals surface area contributed by atoms with Crippen LogP contribution in [0.1, 0.15) is 64.7 Å². The van der Waals surface area contributed by atoms with Crippen LogP contribution in [0.15, 0.2) is 12.4 Å². The fraction of sp³-hybridized carbons (Fsp3) is 0.765. The van der Waals surface area contributed by atoms with Crippen LogP contribution >= 0.6 is 0 Å². The second-order valence-electron chi connectivity index (χ2n) is 6.49. The summed E-state index contributed by atoms with van der Waals surface area (Å²) in [5.41, 5.74) is 0. The van der Waals surface area contributed by atoms with Gasteiger partial charge in [-0.25, -0.2) is 9.97 Å². The van der Waals surface area contributed by atoms with E-state index >= 15 is 0 Å². The number of aromatic nitrogens is 2. The van der Waals surface area contributed by atoms with Gasteiger partial charge in [0.25, 0.3) is 0 Å². The van der Waals surface area contributed by atoms with Gasteiger partial charge in [-0.3, -0.25) is 0 Å². The molecule has 116 valence electrons. The molecule has 1 aromatic rings. The van der Waals surface area contributed by atoms with Crippen LogP contribution in [0.4, 0.5) is 11.6 Å². The molecule has 0 aromatic carbocycles. The van der Waals surface area contributed by atoms with E-state index in [4.69, 9.17) is 0 Å². The lowest BCUT2D eigenvalue weighted by Crippen LogP contribution is -2.39. The van der Waals surface area contributed by atoms with E-state index in [0.29, 0.717) is 12.1 Å². The Balaban J connectivity index is 1.69. The van der Waals surface area contributed by atoms with E-state index < -0.39 is 0 Å². The molecule has 1 aliphatic carbocycles. The highest BCUT2D eigenvalue weighted by Crippen LogP contribution is 2.27. The minimum absolute atomic E-state index is 0.602. The molecule has 1 unspecified atom stereocenters. The van der Waals surface area contributed by atoms with E-state index in [-0.39, 0.29) is 0 Å². The summed E-state index contributed by atoms with van der Waals surface area (Å²) in [4.78, 5) is 11.4. The Morgan fingerprint density at radius 2 is 1.90 bits per heavy atom. The molecular formula is C17H28N4. The van der Waals surface area contributed by atoms with E-state index in [1.807, 2.05) is 0 Å². The number of rotatable bonds is 4. The molecule has 1 saturated carbocycles. The Kier molecular flexibility index (Phi) is 4.94. The van der Waals surface area contributed by atoms with Crippen molar-refractivity contribution >= 4 is 11.6 Å². The molecule has 0 radical (unpaired) electrons. The lowest BCUT2D eigenvalue weighted by molar-refractivity contribution is 0.446. The van der Waals surface area contributed by atoms with Gasteiger partial charge in [-0.05, 0) is 38.5 Å². The van der Waals surface area contributed by atoms with Crippen molar-refractivity contribution in [2.24, 2.45) is 0 Å². The van der Waals surface area contributed by atoms with Crippen molar-refractivity contribution in [3.63, 3.8) is 0 Å². The second-order valence-corrected chi connectivity index (χ2v) is 6.49. The molecule has 1 atom stereocenters. The maximum Gasteiger partial charge on any atom is 0.134 e. The third-order valence-corrected chi connectivity index (χ3v) is 5.00. The molecule has 1 aromatic heterocycles. The lowest BCUT2D eigenvalue weighted by atomic mass is 9.95. The Morgan fingerprint density at radius 1 is 1.10 bits per heavy atom. The summed E-state index contributed by atoms with van der Waals surface area (Å²) < 4.78 is 0. The highest BCUT2D eigenvalue weighted by atomic mass is 15.2. The molecule has 1 aliphatic heterocycles. The molecule has 2 aliphatic rings. The first kappa shape index (κ1) is 14.6. The number of nitrogens with one attached hydrogen (secondary N) is 1. The summed E-state index contributed by atoms with van der Waals surface area (Å²) in [6, 6.07) is 3.41. The van der Waals surface area contributed by atoms with Crippen molar-refractivity contribution in [3.05, 3.63) is 12.4 Å². The molecule has 0 amide bonds. The average Bonchev–Trinajstić information content (AvgIpc) is 2.56. The van der Waals surface area contributed by atoms with Crippen LogP contribution in [-0.4, -0.2) is 28.6 Å². The third kappa shape index (κ3) is 3.66. The summed E-state index contributed by atoms with van der Waals surface area (Å²) in [6.45, 7) is 3.42. The summed E-state index contributed by atoms with van der Waals surface area (Å²) in [5, 5.41) is 3.62. The SMILES string of the molecule is CCC1CCCCN1c1cc(NC2CCCCC2)ncn1. The number of piperidine rings is 1. The van der Waals surface area contributed by atoms with Crippen LogP contribution in [0, 0.1) is 0 Å². The van der Waals surface area contributed by atoms with E-state index in [2.05, 4.69) is 33.2 Å². The van der Waals surface area contributed by atoms with Gasteiger partial charge in [0.05, 0.1) is 0 Å². The Morgan fingerprint density at radius 3 is 2.71 bits per heavy atom. The highest BCUT2D eigenvalue weighted by Gasteiger charge is 2.22. The van der Waals surface area contributed by atoms with Crippen molar-refractivity contribution in [1.82, 2.24) is 9.97 Å². The number of anilines is 2. The number of hydrogen-bond donors (Lipinski definition) is 1. The minimum atomic E-state index is 0.602. The van der Waals surface area contributed by atoms with Crippen LogP contribution in [-0.2, 0) is 0 Å². The summed E-state index contributed by atoms with van der Waals surface area (Å²) >= 11 is 0. The van der Waals surface area contributed by atoms with E-state index in [1.54, 1.807) is 6.33 Å². The number of hydrogen-bond acceptors (Lipinski definition) is 4. The Labute approximate surface area is 128 Å². The second kappa shape index (κ2) is 7.10. The van der Waals surface area contributed by atoms with Crippen LogP contribution in [0.25, 0.3) is 0 Å². The normalized spacial score (nSPS) is 24.0. The molecule has 0 spiro atoms. The summed E-state index contributed by atoms with van der Waals surface area (Å²) in [5.74, 6) is 2.11. The highest BCUT2D eigenvalue weighted by molar-refractivity contribution is 5.49. The first-order valence-corrected chi connectivity index (χ1v) is 8.72. The molecule has 21 heavy (non-hydrogen) atoms. The maximum atomic E-state index is 4.53. The molecule has 2 fully saturated rings. The van der Waals surface area contributed by atoms with E-state index in [0.717, 1.165) is 18.2 Å². The average molecular weight is 288 g/mol. The maximum absolute atomic E-state index is 4.53. The Hall–Kier alpha value is -1.32. The Bertz CT molecular complexity index is 442. The first-order valence-electron chi connectivity index (χ1n) is 8.72. The van der Waals surface area contributed by atoms with Gasteiger partial charge in [0, 0.05) is 24.7 Å². The van der Waals surface area contributed by atoms with Crippen LogP contribution in [0.2, 0.25) is 0 Å². The van der Waals surface area contributed by atoms with Crippen molar-refractivity contribution in [1.29, 1.82) is 0 Å². The zero-order valence-electron chi connectivity index (χ0n) is 13.2. The molecule has 3 rings (SSSR count). The molecular weight excluding hydrogens is 260 g/mol. The summed E-state index contributed by atoms with van der Waals surface area (Å²) in [7, 11) is 0. The topological polar surface area (TPSA) is 41.0 Å². The molecule has 1 saturated heterocycles. The van der Waals surface area contributed by atoms with Gasteiger partial charge in [-0.15, -0.1) is 0 Å². The van der Waals surface area contributed by atoms with E-state index in [9.17, 15) is 0 Å². The third-order valence-electron chi connectivity index (χ3n) is 5.00. The largest absolute Gasteiger partial charge is 0.367 e. The van der Waals surface area contributed by atoms with Crippen LogP contribution in [0.5, 0.6) is 0 Å². The van der Waals surface area contributed by atoms with Gasteiger partial charge in [0.1, 0.15) is 18.0 Å². The van der Waals surface area contributed by atoms with Crippen molar-refractivity contribution in [2.45, 2.75) is 76.8 Å². The molecule has 0 bridgehead atoms. The van der Waals surface area contributed by atoms with Gasteiger partial charge in [0.15, 0.2) is 0 Å². The standard InChI is InChI=1S/C17H28N4/c1-2-15-10-6-7-11-21(15)17-12-16(18-13-19-17)20-14-8-4-3-5-9-14/h12-15H,2-11H2,1H3,(H,18,19,20). The molecule has 4 heteroatoms. The van der Waals surface area contributed by atoms with Gasteiger partial charge in [-0.2, -0.15) is 0 Å². The lowest BCUT2D eigenvalue weighted by Gasteiger charge is -2.36. The zero-order chi connectivity index (χ0) is 14.5. The summed E-state index contributed by atoms with van der Waals surface area (Å²) in [6.07, 6.45) is 13.5. The smallest absolute Gasteiger partial charge is 0.134 e. The molecule has 4 nitrogen and oxygen atoms in total. The first-order chi connectivity index (χ1) is 10.4. The van der Waals surface area contributed by atoms with Crippen LogP contribution in [0.3, 0.4) is 0 Å².